The highest BCUT2D eigenvalue weighted by Crippen LogP contribution is 2.17. The van der Waals surface area contributed by atoms with Crippen molar-refractivity contribution in [3.8, 4) is 5.75 Å². The van der Waals surface area contributed by atoms with Crippen LogP contribution in [0.2, 0.25) is 0 Å². The van der Waals surface area contributed by atoms with Gasteiger partial charge in [0.05, 0.1) is 11.5 Å². The van der Waals surface area contributed by atoms with Gasteiger partial charge in [-0.3, -0.25) is 0 Å². The van der Waals surface area contributed by atoms with Crippen LogP contribution in [0.1, 0.15) is 13.8 Å². The zero-order valence-electron chi connectivity index (χ0n) is 11.8. The van der Waals surface area contributed by atoms with E-state index in [0.717, 1.165) is 6.26 Å². The summed E-state index contributed by atoms with van der Waals surface area (Å²) in [4.78, 5) is 11.8. The molecule has 1 aromatic carbocycles. The first kappa shape index (κ1) is 16.5. The summed E-state index contributed by atoms with van der Waals surface area (Å²) in [6.07, 6.45) is 1.13. The molecule has 6 nitrogen and oxygen atoms in total. The Bertz CT molecular complexity index is 563. The van der Waals surface area contributed by atoms with E-state index in [0.29, 0.717) is 5.75 Å². The predicted molar refractivity (Wildman–Crippen MR) is 74.3 cm³/mol. The van der Waals surface area contributed by atoms with E-state index in [4.69, 9.17) is 15.2 Å². The maximum absolute atomic E-state index is 11.6. The van der Waals surface area contributed by atoms with Crippen molar-refractivity contribution in [1.29, 1.82) is 0 Å². The normalized spacial score (nSPS) is 14.4. The van der Waals surface area contributed by atoms with Crippen LogP contribution in [0.4, 0.5) is 0 Å². The van der Waals surface area contributed by atoms with Crippen molar-refractivity contribution in [1.82, 2.24) is 0 Å². The smallest absolute Gasteiger partial charge is 0.329 e. The summed E-state index contributed by atoms with van der Waals surface area (Å²) in [6.45, 7) is 3.38. The Balaban J connectivity index is 2.69. The second-order valence-corrected chi connectivity index (χ2v) is 6.69. The fourth-order valence-corrected chi connectivity index (χ4v) is 2.00. The molecule has 0 saturated carbocycles. The Morgan fingerprint density at radius 3 is 2.30 bits per heavy atom. The number of carbonyl (C=O) groups is 1. The summed E-state index contributed by atoms with van der Waals surface area (Å²) >= 11 is 0. The molecule has 0 aliphatic heterocycles. The van der Waals surface area contributed by atoms with Crippen molar-refractivity contribution in [2.45, 2.75) is 24.3 Å². The number of nitrogens with two attached hydrogens (primary N) is 1. The summed E-state index contributed by atoms with van der Waals surface area (Å²) < 4.78 is 32.8. The van der Waals surface area contributed by atoms with Crippen molar-refractivity contribution in [2.75, 3.05) is 19.5 Å². The van der Waals surface area contributed by atoms with Gasteiger partial charge in [-0.05, 0) is 38.1 Å². The minimum Gasteiger partial charge on any atom is -0.491 e. The van der Waals surface area contributed by atoms with Crippen LogP contribution in [0.15, 0.2) is 29.2 Å². The second kappa shape index (κ2) is 6.23. The molecule has 0 saturated heterocycles. The Morgan fingerprint density at radius 2 is 1.85 bits per heavy atom. The first-order valence-electron chi connectivity index (χ1n) is 6.06. The molecule has 0 aliphatic carbocycles. The van der Waals surface area contributed by atoms with E-state index in [1.54, 1.807) is 6.92 Å². The van der Waals surface area contributed by atoms with E-state index in [1.807, 2.05) is 0 Å². The molecule has 0 radical (unpaired) electrons. The summed E-state index contributed by atoms with van der Waals surface area (Å²) in [5.41, 5.74) is 4.54. The van der Waals surface area contributed by atoms with Gasteiger partial charge in [-0.25, -0.2) is 13.2 Å². The lowest BCUT2D eigenvalue weighted by molar-refractivity contribution is -0.150. The van der Waals surface area contributed by atoms with Crippen LogP contribution in [-0.4, -0.2) is 39.4 Å². The van der Waals surface area contributed by atoms with Gasteiger partial charge >= 0.3 is 5.97 Å². The van der Waals surface area contributed by atoms with Gasteiger partial charge in [0, 0.05) is 6.26 Å². The lowest BCUT2D eigenvalue weighted by atomic mass is 10.1. The molecule has 1 unspecified atom stereocenters. The van der Waals surface area contributed by atoms with E-state index >= 15 is 0 Å². The lowest BCUT2D eigenvalue weighted by Gasteiger charge is -2.22. The molecule has 112 valence electrons. The molecule has 20 heavy (non-hydrogen) atoms. The third-order valence-corrected chi connectivity index (χ3v) is 3.66. The highest BCUT2D eigenvalue weighted by Gasteiger charge is 2.31. The molecule has 1 aromatic rings. The monoisotopic (exact) mass is 301 g/mol. The van der Waals surface area contributed by atoms with Crippen molar-refractivity contribution in [3.63, 3.8) is 0 Å². The van der Waals surface area contributed by atoms with Gasteiger partial charge in [0.15, 0.2) is 9.84 Å². The largest absolute Gasteiger partial charge is 0.491 e. The van der Waals surface area contributed by atoms with Crippen LogP contribution in [0.25, 0.3) is 0 Å². The maximum Gasteiger partial charge on any atom is 0.329 e. The number of ether oxygens (including phenoxy) is 2. The zero-order chi connectivity index (χ0) is 15.4. The third kappa shape index (κ3) is 4.50. The lowest BCUT2D eigenvalue weighted by Crippen LogP contribution is -2.51. The van der Waals surface area contributed by atoms with E-state index in [2.05, 4.69) is 0 Å². The van der Waals surface area contributed by atoms with Gasteiger partial charge < -0.3 is 15.2 Å². The SMILES string of the molecule is CCOC(=O)C(C)(N)COc1ccc(S(C)(=O)=O)cc1. The van der Waals surface area contributed by atoms with Crippen molar-refractivity contribution >= 4 is 15.8 Å². The van der Waals surface area contributed by atoms with Crippen LogP contribution in [-0.2, 0) is 19.4 Å². The highest BCUT2D eigenvalue weighted by atomic mass is 32.2. The maximum atomic E-state index is 11.6. The van der Waals surface area contributed by atoms with E-state index in [-0.39, 0.29) is 18.1 Å². The number of rotatable bonds is 6. The zero-order valence-corrected chi connectivity index (χ0v) is 12.6. The molecule has 0 aromatic heterocycles. The first-order chi connectivity index (χ1) is 9.16. The Labute approximate surface area is 118 Å². The second-order valence-electron chi connectivity index (χ2n) is 4.67. The van der Waals surface area contributed by atoms with Crippen molar-refractivity contribution in [2.24, 2.45) is 5.73 Å². The molecular weight excluding hydrogens is 282 g/mol. The first-order valence-corrected chi connectivity index (χ1v) is 7.95. The summed E-state index contributed by atoms with van der Waals surface area (Å²) in [5, 5.41) is 0. The minimum absolute atomic E-state index is 0.0654. The van der Waals surface area contributed by atoms with Gasteiger partial charge in [-0.2, -0.15) is 0 Å². The fourth-order valence-electron chi connectivity index (χ4n) is 1.37. The number of hydrogen-bond donors (Lipinski definition) is 1. The van der Waals surface area contributed by atoms with Crippen molar-refractivity contribution < 1.29 is 22.7 Å². The molecular formula is C13H19NO5S. The molecule has 0 aliphatic rings. The minimum atomic E-state index is -3.24. The van der Waals surface area contributed by atoms with Crippen LogP contribution in [0.5, 0.6) is 5.75 Å². The molecule has 0 fully saturated rings. The molecule has 0 spiro atoms. The quantitative estimate of drug-likeness (QED) is 0.779. The van der Waals surface area contributed by atoms with Crippen molar-refractivity contribution in [3.05, 3.63) is 24.3 Å². The number of carbonyl (C=O) groups excluding carboxylic acids is 1. The topological polar surface area (TPSA) is 95.7 Å². The van der Waals surface area contributed by atoms with Gasteiger partial charge in [-0.15, -0.1) is 0 Å². The summed E-state index contributed by atoms with van der Waals surface area (Å²) in [7, 11) is -3.24. The predicted octanol–water partition coefficient (Wildman–Crippen LogP) is 0.749. The number of benzene rings is 1. The van der Waals surface area contributed by atoms with Gasteiger partial charge in [-0.1, -0.05) is 0 Å². The molecule has 0 amide bonds. The molecule has 0 heterocycles. The average Bonchev–Trinajstić information content (AvgIpc) is 2.36. The number of sulfone groups is 1. The molecule has 1 atom stereocenters. The van der Waals surface area contributed by atoms with E-state index in [9.17, 15) is 13.2 Å². The Kier molecular flexibility index (Phi) is 5.13. The molecule has 0 bridgehead atoms. The van der Waals surface area contributed by atoms with Crippen LogP contribution in [0.3, 0.4) is 0 Å². The summed E-state index contributed by atoms with van der Waals surface area (Å²) in [6, 6.07) is 5.89. The van der Waals surface area contributed by atoms with Crippen LogP contribution in [0, 0.1) is 0 Å². The van der Waals surface area contributed by atoms with Gasteiger partial charge in [0.25, 0.3) is 0 Å². The standard InChI is InChI=1S/C13H19NO5S/c1-4-18-12(15)13(2,14)9-19-10-5-7-11(8-6-10)20(3,16)17/h5-8H,4,9,14H2,1-3H3. The Morgan fingerprint density at radius 1 is 1.30 bits per heavy atom. The van der Waals surface area contributed by atoms with E-state index < -0.39 is 21.3 Å². The van der Waals surface area contributed by atoms with Crippen LogP contribution >= 0.6 is 0 Å². The van der Waals surface area contributed by atoms with E-state index in [1.165, 1.54) is 31.2 Å². The van der Waals surface area contributed by atoms with Gasteiger partial charge in [0.1, 0.15) is 17.9 Å². The average molecular weight is 301 g/mol. The molecule has 7 heteroatoms. The third-order valence-electron chi connectivity index (χ3n) is 2.53. The summed E-state index contributed by atoms with van der Waals surface area (Å²) in [5.74, 6) is -0.119. The highest BCUT2D eigenvalue weighted by molar-refractivity contribution is 7.90. The fraction of sp³-hybridized carbons (Fsp3) is 0.462. The molecule has 2 N–H and O–H groups in total. The number of hydrogen-bond acceptors (Lipinski definition) is 6. The molecule has 1 rings (SSSR count). The van der Waals surface area contributed by atoms with Gasteiger partial charge in [0.2, 0.25) is 0 Å². The van der Waals surface area contributed by atoms with Crippen LogP contribution < -0.4 is 10.5 Å². The Hall–Kier alpha value is -1.60. The number of esters is 1.